The molecule has 0 radical (unpaired) electrons. The number of rotatable bonds is 3. The molecule has 0 atom stereocenters. The molecule has 2 heterocycles. The number of piperidine rings is 1. The molecule has 1 amide bonds. The van der Waals surface area contributed by atoms with Crippen molar-refractivity contribution in [2.45, 2.75) is 33.1 Å². The summed E-state index contributed by atoms with van der Waals surface area (Å²) in [6.07, 6.45) is 3.00. The zero-order valence-corrected chi connectivity index (χ0v) is 15.7. The minimum Gasteiger partial charge on any atom is -0.338 e. The Morgan fingerprint density at radius 3 is 2.38 bits per heavy atom. The fourth-order valence-electron chi connectivity index (χ4n) is 2.89. The van der Waals surface area contributed by atoms with E-state index in [1.807, 2.05) is 31.2 Å². The molecule has 0 saturated carbocycles. The van der Waals surface area contributed by atoms with Crippen molar-refractivity contribution in [2.75, 3.05) is 18.1 Å². The van der Waals surface area contributed by atoms with E-state index >= 15 is 0 Å². The lowest BCUT2D eigenvalue weighted by Crippen LogP contribution is -2.37. The third-order valence-electron chi connectivity index (χ3n) is 4.34. The number of anilines is 1. The van der Waals surface area contributed by atoms with Gasteiger partial charge in [0.05, 0.1) is 5.69 Å². The van der Waals surface area contributed by atoms with Crippen molar-refractivity contribution >= 4 is 34.2 Å². The average Bonchev–Trinajstić information content (AvgIpc) is 3.09. The summed E-state index contributed by atoms with van der Waals surface area (Å²) in [4.78, 5) is 26.4. The number of hydrogen-bond donors (Lipinski definition) is 0. The van der Waals surface area contributed by atoms with Crippen molar-refractivity contribution in [2.24, 2.45) is 5.10 Å². The number of ketones is 1. The van der Waals surface area contributed by atoms with Crippen molar-refractivity contribution in [1.82, 2.24) is 4.90 Å². The molecule has 1 fully saturated rings. The summed E-state index contributed by atoms with van der Waals surface area (Å²) in [7, 11) is 0. The first-order valence-corrected chi connectivity index (χ1v) is 9.40. The van der Waals surface area contributed by atoms with Crippen molar-refractivity contribution in [3.05, 3.63) is 40.4 Å². The molecule has 7 heteroatoms. The van der Waals surface area contributed by atoms with Crippen LogP contribution >= 0.6 is 11.8 Å². The van der Waals surface area contributed by atoms with E-state index < -0.39 is 0 Å². The first kappa shape index (κ1) is 18.2. The predicted octanol–water partition coefficient (Wildman–Crippen LogP) is 3.20. The number of aryl methyl sites for hydroxylation is 1. The van der Waals surface area contributed by atoms with E-state index in [-0.39, 0.29) is 22.3 Å². The van der Waals surface area contributed by atoms with Crippen LogP contribution in [0, 0.1) is 18.3 Å². The largest absolute Gasteiger partial charge is 0.338 e. The standard InChI is InChI=1S/C19H20N4O2S/c1-13-6-8-15(9-7-13)23-19(26-17(21-23)14(2)24)16(12-20)18(25)22-10-4-3-5-11-22/h6-9H,3-5,10-11H2,1-2H3. The highest BCUT2D eigenvalue weighted by molar-refractivity contribution is 8.19. The summed E-state index contributed by atoms with van der Waals surface area (Å²) < 4.78 is 0. The first-order chi connectivity index (χ1) is 12.5. The fraction of sp³-hybridized carbons (Fsp3) is 0.368. The summed E-state index contributed by atoms with van der Waals surface area (Å²) in [5.41, 5.74) is 1.85. The van der Waals surface area contributed by atoms with Crippen LogP contribution in [0.25, 0.3) is 0 Å². The fourth-order valence-corrected chi connectivity index (χ4v) is 3.81. The van der Waals surface area contributed by atoms with Crippen LogP contribution in [0.5, 0.6) is 0 Å². The Balaban J connectivity index is 2.02. The van der Waals surface area contributed by atoms with Gasteiger partial charge in [-0.2, -0.15) is 10.4 Å². The minimum atomic E-state index is -0.285. The maximum Gasteiger partial charge on any atom is 0.267 e. The molecule has 26 heavy (non-hydrogen) atoms. The van der Waals surface area contributed by atoms with E-state index in [0.717, 1.165) is 36.6 Å². The van der Waals surface area contributed by atoms with Crippen LogP contribution in [0.2, 0.25) is 0 Å². The SMILES string of the molecule is CC(=O)C1=NN(c2ccc(C)cc2)C(=C(C#N)C(=O)N2CCCCC2)S1. The Kier molecular flexibility index (Phi) is 5.43. The molecule has 0 spiro atoms. The van der Waals surface area contributed by atoms with E-state index in [9.17, 15) is 14.9 Å². The van der Waals surface area contributed by atoms with E-state index in [1.54, 1.807) is 4.90 Å². The van der Waals surface area contributed by atoms with Gasteiger partial charge in [-0.05, 0) is 50.1 Å². The topological polar surface area (TPSA) is 76.8 Å². The van der Waals surface area contributed by atoms with Gasteiger partial charge in [-0.3, -0.25) is 9.59 Å². The van der Waals surface area contributed by atoms with Crippen LogP contribution in [0.1, 0.15) is 31.7 Å². The second-order valence-electron chi connectivity index (χ2n) is 6.36. The van der Waals surface area contributed by atoms with Gasteiger partial charge in [0.1, 0.15) is 16.7 Å². The number of likely N-dealkylation sites (tertiary alicyclic amines) is 1. The number of Topliss-reactive ketones (excluding diaryl/α,β-unsaturated/α-hetero) is 1. The van der Waals surface area contributed by atoms with Gasteiger partial charge >= 0.3 is 0 Å². The number of nitrogens with zero attached hydrogens (tertiary/aromatic N) is 4. The van der Waals surface area contributed by atoms with Gasteiger partial charge in [-0.15, -0.1) is 0 Å². The summed E-state index contributed by atoms with van der Waals surface area (Å²) in [5.74, 6) is -0.475. The summed E-state index contributed by atoms with van der Waals surface area (Å²) >= 11 is 1.09. The molecule has 6 nitrogen and oxygen atoms in total. The summed E-state index contributed by atoms with van der Waals surface area (Å²) in [6.45, 7) is 4.73. The minimum absolute atomic E-state index is 0.0393. The predicted molar refractivity (Wildman–Crippen MR) is 102 cm³/mol. The van der Waals surface area contributed by atoms with E-state index in [1.165, 1.54) is 11.9 Å². The van der Waals surface area contributed by atoms with Crippen LogP contribution in [-0.2, 0) is 9.59 Å². The number of benzene rings is 1. The number of hydrogen-bond acceptors (Lipinski definition) is 6. The molecule has 3 rings (SSSR count). The van der Waals surface area contributed by atoms with Gasteiger partial charge in [-0.25, -0.2) is 5.01 Å². The van der Waals surface area contributed by atoms with Crippen molar-refractivity contribution in [3.63, 3.8) is 0 Å². The quantitative estimate of drug-likeness (QED) is 0.605. The number of carbonyl (C=O) groups is 2. The van der Waals surface area contributed by atoms with Crippen molar-refractivity contribution in [3.8, 4) is 6.07 Å². The Labute approximate surface area is 157 Å². The highest BCUT2D eigenvalue weighted by Crippen LogP contribution is 2.37. The van der Waals surface area contributed by atoms with Gasteiger partial charge in [-0.1, -0.05) is 17.7 Å². The third-order valence-corrected chi connectivity index (χ3v) is 5.47. The second-order valence-corrected chi connectivity index (χ2v) is 7.33. The van der Waals surface area contributed by atoms with Crippen molar-refractivity contribution < 1.29 is 9.59 Å². The molecular formula is C19H20N4O2S. The zero-order valence-electron chi connectivity index (χ0n) is 14.9. The molecule has 0 aliphatic carbocycles. The van der Waals surface area contributed by atoms with Crippen molar-refractivity contribution in [1.29, 1.82) is 5.26 Å². The van der Waals surface area contributed by atoms with Gasteiger partial charge in [0.25, 0.3) is 5.91 Å². The van der Waals surface area contributed by atoms with Crippen LogP contribution in [0.3, 0.4) is 0 Å². The smallest absolute Gasteiger partial charge is 0.267 e. The Bertz CT molecular complexity index is 830. The molecule has 0 N–H and O–H groups in total. The molecule has 1 aromatic carbocycles. The zero-order chi connectivity index (χ0) is 18.7. The lowest BCUT2D eigenvalue weighted by atomic mass is 10.1. The number of hydrazone groups is 1. The Morgan fingerprint density at radius 1 is 1.15 bits per heavy atom. The van der Waals surface area contributed by atoms with E-state index in [4.69, 9.17) is 0 Å². The molecule has 2 aliphatic rings. The second kappa shape index (κ2) is 7.75. The van der Waals surface area contributed by atoms with Gasteiger partial charge in [0.15, 0.2) is 10.8 Å². The molecule has 0 aromatic heterocycles. The molecule has 1 aromatic rings. The molecule has 0 unspecified atom stereocenters. The molecule has 134 valence electrons. The van der Waals surface area contributed by atoms with Gasteiger partial charge in [0.2, 0.25) is 0 Å². The highest BCUT2D eigenvalue weighted by Gasteiger charge is 2.33. The Hall–Kier alpha value is -2.59. The maximum absolute atomic E-state index is 12.9. The summed E-state index contributed by atoms with van der Waals surface area (Å²) in [6, 6.07) is 9.64. The molecular weight excluding hydrogens is 348 g/mol. The van der Waals surface area contributed by atoms with Crippen LogP contribution in [0.4, 0.5) is 5.69 Å². The van der Waals surface area contributed by atoms with E-state index in [0.29, 0.717) is 23.8 Å². The molecule has 1 saturated heterocycles. The summed E-state index contributed by atoms with van der Waals surface area (Å²) in [5, 5.41) is 16.2. The number of carbonyl (C=O) groups excluding carboxylic acids is 2. The third kappa shape index (κ3) is 3.65. The molecule has 2 aliphatic heterocycles. The van der Waals surface area contributed by atoms with Gasteiger partial charge < -0.3 is 4.90 Å². The highest BCUT2D eigenvalue weighted by atomic mass is 32.2. The van der Waals surface area contributed by atoms with Crippen LogP contribution < -0.4 is 5.01 Å². The van der Waals surface area contributed by atoms with Gasteiger partial charge in [0, 0.05) is 20.0 Å². The van der Waals surface area contributed by atoms with Crippen LogP contribution in [-0.4, -0.2) is 34.7 Å². The monoisotopic (exact) mass is 368 g/mol. The number of nitriles is 1. The average molecular weight is 368 g/mol. The maximum atomic E-state index is 12.9. The normalized spacial score (nSPS) is 19.0. The number of amides is 1. The van der Waals surface area contributed by atoms with E-state index in [2.05, 4.69) is 11.2 Å². The van der Waals surface area contributed by atoms with Crippen LogP contribution in [0.15, 0.2) is 40.0 Å². The lowest BCUT2D eigenvalue weighted by Gasteiger charge is -2.27. The molecule has 0 bridgehead atoms. The Morgan fingerprint density at radius 2 is 1.81 bits per heavy atom. The first-order valence-electron chi connectivity index (χ1n) is 8.59. The lowest BCUT2D eigenvalue weighted by molar-refractivity contribution is -0.127. The number of thioether (sulfide) groups is 1.